The van der Waals surface area contributed by atoms with Crippen LogP contribution in [0.2, 0.25) is 0 Å². The topological polar surface area (TPSA) is 131 Å². The van der Waals surface area contributed by atoms with E-state index in [1.54, 1.807) is 23.2 Å². The van der Waals surface area contributed by atoms with E-state index in [9.17, 15) is 14.3 Å². The number of rotatable bonds is 9. The zero-order chi connectivity index (χ0) is 27.9. The van der Waals surface area contributed by atoms with Crippen LogP contribution < -0.4 is 26.0 Å². The molecule has 2 fully saturated rings. The maximum atomic E-state index is 14.2. The van der Waals surface area contributed by atoms with Crippen molar-refractivity contribution in [1.82, 2.24) is 25.3 Å². The van der Waals surface area contributed by atoms with Gasteiger partial charge in [0.25, 0.3) is 5.91 Å². The Bertz CT molecular complexity index is 1300. The molecule has 12 nitrogen and oxygen atoms in total. The number of ether oxygens (including phenoxy) is 1. The first-order valence-electron chi connectivity index (χ1n) is 13.3. The molecule has 1 aromatic carbocycles. The molecule has 0 aliphatic carbocycles. The Morgan fingerprint density at radius 1 is 1.00 bits per heavy atom. The van der Waals surface area contributed by atoms with Gasteiger partial charge in [-0.05, 0) is 42.8 Å². The summed E-state index contributed by atoms with van der Waals surface area (Å²) in [6.45, 7) is 8.63. The molecule has 212 valence electrons. The maximum absolute atomic E-state index is 14.2. The van der Waals surface area contributed by atoms with Crippen molar-refractivity contribution in [3.8, 4) is 0 Å². The molecule has 1 amide bonds. The van der Waals surface area contributed by atoms with Gasteiger partial charge in [0.15, 0.2) is 11.6 Å². The van der Waals surface area contributed by atoms with Crippen molar-refractivity contribution in [2.75, 3.05) is 86.2 Å². The molecule has 2 aromatic heterocycles. The Hall–Kier alpha value is -4.07. The summed E-state index contributed by atoms with van der Waals surface area (Å²) in [6, 6.07) is 9.72. The molecular formula is C27H34FN9O3. The van der Waals surface area contributed by atoms with E-state index < -0.39 is 11.7 Å². The van der Waals surface area contributed by atoms with Crippen LogP contribution in [0.1, 0.15) is 16.1 Å². The Labute approximate surface area is 232 Å². The fraction of sp³-hybridized carbons (Fsp3) is 0.407. The van der Waals surface area contributed by atoms with Crippen LogP contribution in [0.3, 0.4) is 0 Å². The van der Waals surface area contributed by atoms with Gasteiger partial charge in [0.05, 0.1) is 37.9 Å². The highest BCUT2D eigenvalue weighted by Crippen LogP contribution is 2.26. The number of amides is 1. The smallest absolute Gasteiger partial charge is 0.288 e. The van der Waals surface area contributed by atoms with Gasteiger partial charge in [0, 0.05) is 57.2 Å². The van der Waals surface area contributed by atoms with Crippen molar-refractivity contribution in [2.24, 2.45) is 0 Å². The van der Waals surface area contributed by atoms with Crippen LogP contribution in [-0.4, -0.2) is 96.5 Å². The second-order valence-corrected chi connectivity index (χ2v) is 9.71. The van der Waals surface area contributed by atoms with Crippen LogP contribution >= 0.6 is 0 Å². The number of benzene rings is 1. The molecule has 0 saturated carbocycles. The first kappa shape index (κ1) is 27.5. The quantitative estimate of drug-likeness (QED) is 0.290. The molecular weight excluding hydrogens is 517 g/mol. The van der Waals surface area contributed by atoms with Gasteiger partial charge in [-0.15, -0.1) is 0 Å². The summed E-state index contributed by atoms with van der Waals surface area (Å²) in [5.74, 6) is -0.790. The number of pyridine rings is 1. The summed E-state index contributed by atoms with van der Waals surface area (Å²) < 4.78 is 19.5. The molecule has 2 aliphatic heterocycles. The minimum Gasteiger partial charge on any atom is -0.395 e. The van der Waals surface area contributed by atoms with E-state index in [1.807, 2.05) is 0 Å². The van der Waals surface area contributed by atoms with Crippen molar-refractivity contribution in [2.45, 2.75) is 6.92 Å². The molecule has 0 spiro atoms. The third-order valence-corrected chi connectivity index (χ3v) is 6.82. The lowest BCUT2D eigenvalue weighted by molar-refractivity contribution is 0.0957. The first-order chi connectivity index (χ1) is 19.5. The number of nitrogens with zero attached hydrogens (tertiary/aromatic N) is 6. The number of aliphatic hydroxyl groups excluding tert-OH is 1. The van der Waals surface area contributed by atoms with Gasteiger partial charge < -0.3 is 25.0 Å². The summed E-state index contributed by atoms with van der Waals surface area (Å²) in [6.07, 6.45) is 2.66. The number of hydrogen-bond donors (Lipinski definition) is 4. The number of anilines is 5. The van der Waals surface area contributed by atoms with Crippen molar-refractivity contribution in [3.63, 3.8) is 0 Å². The van der Waals surface area contributed by atoms with Gasteiger partial charge in [0.1, 0.15) is 5.69 Å². The lowest BCUT2D eigenvalue weighted by Gasteiger charge is -2.36. The molecule has 0 unspecified atom stereocenters. The Kier molecular flexibility index (Phi) is 8.84. The lowest BCUT2D eigenvalue weighted by Crippen LogP contribution is -2.47. The lowest BCUT2D eigenvalue weighted by atomic mass is 10.1. The summed E-state index contributed by atoms with van der Waals surface area (Å²) in [5, 5.41) is 12.6. The number of β-amino-alcohol motifs (C(OH)–C–C–N with tert-alkyl or cyclic N) is 1. The van der Waals surface area contributed by atoms with E-state index in [2.05, 4.69) is 66.0 Å². The predicted molar refractivity (Wildman–Crippen MR) is 151 cm³/mol. The highest BCUT2D eigenvalue weighted by atomic mass is 19.1. The average Bonchev–Trinajstić information content (AvgIpc) is 2.98. The molecule has 13 heteroatoms. The number of nitrogens with one attached hydrogen (secondary N) is 3. The number of carbonyl (C=O) groups excluding carboxylic acids is 1. The molecule has 2 saturated heterocycles. The first-order valence-corrected chi connectivity index (χ1v) is 13.3. The number of piperazine rings is 1. The Morgan fingerprint density at radius 3 is 2.52 bits per heavy atom. The van der Waals surface area contributed by atoms with Gasteiger partial charge in [-0.25, -0.2) is 14.4 Å². The molecule has 0 bridgehead atoms. The van der Waals surface area contributed by atoms with Gasteiger partial charge >= 0.3 is 0 Å². The fourth-order valence-electron chi connectivity index (χ4n) is 4.75. The molecule has 3 aromatic rings. The maximum Gasteiger partial charge on any atom is 0.288 e. The average molecular weight is 552 g/mol. The predicted octanol–water partition coefficient (Wildman–Crippen LogP) is 1.77. The number of aromatic nitrogens is 3. The van der Waals surface area contributed by atoms with E-state index in [4.69, 9.17) is 4.74 Å². The van der Waals surface area contributed by atoms with E-state index >= 15 is 0 Å². The second-order valence-electron chi connectivity index (χ2n) is 9.71. The fourth-order valence-corrected chi connectivity index (χ4v) is 4.75. The van der Waals surface area contributed by atoms with Gasteiger partial charge in [-0.3, -0.25) is 20.5 Å². The highest BCUT2D eigenvalue weighted by molar-refractivity contribution is 5.93. The number of aryl methyl sites for hydroxylation is 1. The molecule has 2 aliphatic rings. The zero-order valence-electron chi connectivity index (χ0n) is 22.4. The summed E-state index contributed by atoms with van der Waals surface area (Å²) >= 11 is 0. The van der Waals surface area contributed by atoms with Gasteiger partial charge in [-0.1, -0.05) is 0 Å². The Morgan fingerprint density at radius 2 is 1.80 bits per heavy atom. The molecule has 4 N–H and O–H groups in total. The third kappa shape index (κ3) is 6.92. The van der Waals surface area contributed by atoms with Gasteiger partial charge in [0.2, 0.25) is 5.95 Å². The third-order valence-electron chi connectivity index (χ3n) is 6.82. The van der Waals surface area contributed by atoms with Crippen molar-refractivity contribution < 1.29 is 19.0 Å². The zero-order valence-corrected chi connectivity index (χ0v) is 22.4. The van der Waals surface area contributed by atoms with Crippen LogP contribution in [0, 0.1) is 12.7 Å². The monoisotopic (exact) mass is 551 g/mol. The molecule has 5 rings (SSSR count). The van der Waals surface area contributed by atoms with Crippen LogP contribution in [0.4, 0.5) is 33.2 Å². The number of carbonyl (C=O) groups is 1. The van der Waals surface area contributed by atoms with Crippen LogP contribution in [0.15, 0.2) is 42.7 Å². The standard InChI is InChI=1S/C27H34FN9O3/c1-19-14-21(16-22(15-19)36-6-4-35(5-7-36)8-11-38)31-20-2-3-24(29-17-20)26(39)33-34-27-30-18-23(28)25(32-27)37-9-12-40-13-10-37/h2-3,14-18,31,38H,4-13H2,1H3,(H,33,39)(H,30,32,34). The summed E-state index contributed by atoms with van der Waals surface area (Å²) in [4.78, 5) is 31.4. The molecule has 0 radical (unpaired) electrons. The number of hydrogen-bond acceptors (Lipinski definition) is 11. The summed E-state index contributed by atoms with van der Waals surface area (Å²) in [7, 11) is 0. The molecule has 4 heterocycles. The van der Waals surface area contributed by atoms with Crippen molar-refractivity contribution in [3.05, 3.63) is 59.8 Å². The van der Waals surface area contributed by atoms with Crippen LogP contribution in [0.25, 0.3) is 0 Å². The van der Waals surface area contributed by atoms with Crippen LogP contribution in [0.5, 0.6) is 0 Å². The van der Waals surface area contributed by atoms with E-state index in [-0.39, 0.29) is 24.1 Å². The SMILES string of the molecule is Cc1cc(Nc2ccc(C(=O)NNc3ncc(F)c(N4CCOCC4)n3)nc2)cc(N2CCN(CCO)CC2)c1. The molecule has 0 atom stereocenters. The minimum atomic E-state index is -0.537. The molecule has 40 heavy (non-hydrogen) atoms. The number of hydrazine groups is 1. The largest absolute Gasteiger partial charge is 0.395 e. The summed E-state index contributed by atoms with van der Waals surface area (Å²) in [5.41, 5.74) is 9.28. The van der Waals surface area contributed by atoms with E-state index in [0.29, 0.717) is 32.8 Å². The number of aliphatic hydroxyl groups is 1. The van der Waals surface area contributed by atoms with E-state index in [1.165, 1.54) is 0 Å². The second kappa shape index (κ2) is 12.9. The minimum absolute atomic E-state index is 0.0691. The van der Waals surface area contributed by atoms with Crippen LogP contribution in [-0.2, 0) is 4.74 Å². The normalized spacial score (nSPS) is 16.1. The van der Waals surface area contributed by atoms with Gasteiger partial charge in [-0.2, -0.15) is 4.98 Å². The van der Waals surface area contributed by atoms with Crippen molar-refractivity contribution >= 4 is 34.7 Å². The number of halogens is 1. The van der Waals surface area contributed by atoms with E-state index in [0.717, 1.165) is 55.0 Å². The Balaban J connectivity index is 1.17. The highest BCUT2D eigenvalue weighted by Gasteiger charge is 2.19. The van der Waals surface area contributed by atoms with Crippen molar-refractivity contribution in [1.29, 1.82) is 0 Å². The number of morpholine rings is 1.